The Balaban J connectivity index is 1.54. The second kappa shape index (κ2) is 8.87. The number of aliphatic hydroxyl groups is 1. The van der Waals surface area contributed by atoms with Gasteiger partial charge in [0.25, 0.3) is 0 Å². The molecule has 9 atom stereocenters. The number of ketones is 2. The zero-order valence-corrected chi connectivity index (χ0v) is 25.6. The maximum absolute atomic E-state index is 14.4. The van der Waals surface area contributed by atoms with Crippen LogP contribution in [-0.2, 0) is 14.4 Å². The number of carbonyl (C=O) groups excluding carboxylic acids is 3. The van der Waals surface area contributed by atoms with Crippen LogP contribution in [-0.4, -0.2) is 35.2 Å². The Morgan fingerprint density at radius 2 is 1.69 bits per heavy atom. The lowest BCUT2D eigenvalue weighted by Gasteiger charge is -2.69. The molecule has 0 saturated heterocycles. The van der Waals surface area contributed by atoms with Crippen LogP contribution in [0.5, 0.6) is 0 Å². The van der Waals surface area contributed by atoms with Gasteiger partial charge < -0.3 is 10.4 Å². The van der Waals surface area contributed by atoms with E-state index < -0.39 is 16.9 Å². The molecule has 39 heavy (non-hydrogen) atoms. The third-order valence-electron chi connectivity index (χ3n) is 13.4. The van der Waals surface area contributed by atoms with Crippen molar-refractivity contribution in [3.63, 3.8) is 0 Å². The minimum atomic E-state index is -0.540. The van der Waals surface area contributed by atoms with Crippen LogP contribution in [0.15, 0.2) is 23.8 Å². The van der Waals surface area contributed by atoms with Gasteiger partial charge in [-0.3, -0.25) is 14.4 Å². The Hall–Kier alpha value is -1.75. The molecule has 3 fully saturated rings. The van der Waals surface area contributed by atoms with Crippen molar-refractivity contribution >= 4 is 17.5 Å². The van der Waals surface area contributed by atoms with E-state index in [-0.39, 0.29) is 63.4 Å². The monoisotopic (exact) mass is 537 g/mol. The van der Waals surface area contributed by atoms with Gasteiger partial charge in [-0.25, -0.2) is 0 Å². The highest BCUT2D eigenvalue weighted by Crippen LogP contribution is 2.74. The third kappa shape index (κ3) is 3.84. The molecule has 0 aromatic carbocycles. The minimum absolute atomic E-state index is 0.0160. The van der Waals surface area contributed by atoms with Crippen molar-refractivity contribution in [2.45, 2.75) is 113 Å². The van der Waals surface area contributed by atoms with E-state index in [2.05, 4.69) is 59.9 Å². The highest BCUT2D eigenvalue weighted by atomic mass is 16.3. The minimum Gasteiger partial charge on any atom is -0.391 e. The summed E-state index contributed by atoms with van der Waals surface area (Å²) in [6, 6.07) is 0. The highest BCUT2D eigenvalue weighted by Gasteiger charge is 2.69. The van der Waals surface area contributed by atoms with Crippen LogP contribution >= 0.6 is 0 Å². The summed E-state index contributed by atoms with van der Waals surface area (Å²) in [4.78, 5) is 40.8. The predicted octanol–water partition coefficient (Wildman–Crippen LogP) is 6.20. The van der Waals surface area contributed by atoms with Crippen molar-refractivity contribution in [1.29, 1.82) is 0 Å². The summed E-state index contributed by atoms with van der Waals surface area (Å²) in [7, 11) is 0. The van der Waals surface area contributed by atoms with Gasteiger partial charge in [-0.05, 0) is 91.6 Å². The lowest BCUT2D eigenvalue weighted by atomic mass is 9.34. The number of hydrogen-bond acceptors (Lipinski definition) is 4. The zero-order valence-electron chi connectivity index (χ0n) is 25.6. The number of fused-ring (bicyclic) bond motifs is 7. The average molecular weight is 538 g/mol. The molecule has 2 N–H and O–H groups in total. The van der Waals surface area contributed by atoms with Crippen molar-refractivity contribution < 1.29 is 19.5 Å². The van der Waals surface area contributed by atoms with E-state index in [9.17, 15) is 19.5 Å². The fraction of sp³-hybridized carbons (Fsp3) is 0.794. The van der Waals surface area contributed by atoms with Crippen molar-refractivity contribution in [2.75, 3.05) is 6.54 Å². The average Bonchev–Trinajstić information content (AvgIpc) is 2.87. The molecule has 0 aromatic heterocycles. The van der Waals surface area contributed by atoms with Gasteiger partial charge in [-0.15, -0.1) is 0 Å². The first-order valence-corrected chi connectivity index (χ1v) is 15.5. The van der Waals surface area contributed by atoms with E-state index >= 15 is 0 Å². The zero-order chi connectivity index (χ0) is 28.8. The van der Waals surface area contributed by atoms with Gasteiger partial charge in [-0.1, -0.05) is 67.0 Å². The Bertz CT molecular complexity index is 1150. The van der Waals surface area contributed by atoms with E-state index in [0.717, 1.165) is 38.5 Å². The maximum Gasteiger partial charge on any atom is 0.226 e. The Labute approximate surface area is 235 Å². The molecule has 0 aliphatic heterocycles. The summed E-state index contributed by atoms with van der Waals surface area (Å²) < 4.78 is 0. The van der Waals surface area contributed by atoms with Crippen molar-refractivity contribution in [3.8, 4) is 0 Å². The van der Waals surface area contributed by atoms with Crippen LogP contribution in [0.4, 0.5) is 0 Å². The van der Waals surface area contributed by atoms with Gasteiger partial charge >= 0.3 is 0 Å². The summed E-state index contributed by atoms with van der Waals surface area (Å²) in [5, 5.41) is 13.1. The Kier molecular flexibility index (Phi) is 6.54. The lowest BCUT2D eigenvalue weighted by Crippen LogP contribution is -2.64. The molecule has 3 saturated carbocycles. The second-order valence-electron chi connectivity index (χ2n) is 15.8. The third-order valence-corrected chi connectivity index (χ3v) is 13.4. The molecule has 1 amide bonds. The molecular formula is C34H51NO4. The van der Waals surface area contributed by atoms with E-state index in [1.807, 2.05) is 13.0 Å². The van der Waals surface area contributed by atoms with Gasteiger partial charge in [0.1, 0.15) is 0 Å². The molecular weight excluding hydrogens is 486 g/mol. The number of aliphatic hydroxyl groups excluding tert-OH is 1. The number of nitrogens with one attached hydrogen (secondary N) is 1. The van der Waals surface area contributed by atoms with Crippen LogP contribution in [0.25, 0.3) is 0 Å². The molecule has 5 nitrogen and oxygen atoms in total. The Morgan fingerprint density at radius 1 is 1.03 bits per heavy atom. The SMILES string of the molecule is CCC(O)CNC(=O)C1(C)CCC2(C)CCC3(C)C(C(=O)C=C4C5(C)C=CC(=O)C(C)(C)C5CCC43C)C2C1. The molecule has 216 valence electrons. The van der Waals surface area contributed by atoms with Gasteiger partial charge in [0.15, 0.2) is 11.6 Å². The summed E-state index contributed by atoms with van der Waals surface area (Å²) in [5.74, 6) is 0.661. The number of rotatable bonds is 4. The summed E-state index contributed by atoms with van der Waals surface area (Å²) in [5.41, 5.74) is -0.345. The van der Waals surface area contributed by atoms with Gasteiger partial charge in [0.2, 0.25) is 5.91 Å². The van der Waals surface area contributed by atoms with E-state index in [4.69, 9.17) is 0 Å². The number of amides is 1. The number of carbonyl (C=O) groups is 3. The fourth-order valence-corrected chi connectivity index (χ4v) is 10.2. The van der Waals surface area contributed by atoms with E-state index in [1.54, 1.807) is 6.08 Å². The first-order chi connectivity index (χ1) is 18.0. The van der Waals surface area contributed by atoms with Crippen LogP contribution in [0.2, 0.25) is 0 Å². The van der Waals surface area contributed by atoms with Gasteiger partial charge in [0.05, 0.1) is 6.10 Å². The summed E-state index contributed by atoms with van der Waals surface area (Å²) in [6.07, 6.45) is 12.5. The lowest BCUT2D eigenvalue weighted by molar-refractivity contribution is -0.172. The summed E-state index contributed by atoms with van der Waals surface area (Å²) >= 11 is 0. The molecule has 5 aliphatic rings. The summed E-state index contributed by atoms with van der Waals surface area (Å²) in [6.45, 7) is 17.8. The molecule has 5 rings (SSSR count). The standard InChI is InChI=1S/C34H51NO4/c1-9-21(36)20-35-28(39)31(5)15-14-30(4)16-17-34(8)27(22(30)19-31)23(37)18-25-32(6)12-11-26(38)29(2,3)24(32)10-13-33(25,34)7/h11-12,18,21-22,24,27,36H,9-10,13-17,19-20H2,1-8H3,(H,35,39). The van der Waals surface area contributed by atoms with Crippen molar-refractivity contribution in [2.24, 2.45) is 50.2 Å². The molecule has 0 spiro atoms. The quantitative estimate of drug-likeness (QED) is 0.447. The van der Waals surface area contributed by atoms with Crippen molar-refractivity contribution in [3.05, 3.63) is 23.8 Å². The Morgan fingerprint density at radius 3 is 2.36 bits per heavy atom. The molecule has 0 aromatic rings. The molecule has 0 heterocycles. The normalized spacial score (nSPS) is 47.2. The molecule has 5 heteroatoms. The largest absolute Gasteiger partial charge is 0.391 e. The highest BCUT2D eigenvalue weighted by molar-refractivity contribution is 5.98. The number of allylic oxidation sites excluding steroid dienone is 4. The van der Waals surface area contributed by atoms with E-state index in [1.165, 1.54) is 5.57 Å². The van der Waals surface area contributed by atoms with Crippen LogP contribution in [0.3, 0.4) is 0 Å². The first-order valence-electron chi connectivity index (χ1n) is 15.5. The smallest absolute Gasteiger partial charge is 0.226 e. The molecule has 9 unspecified atom stereocenters. The molecule has 0 bridgehead atoms. The maximum atomic E-state index is 14.4. The second-order valence-corrected chi connectivity index (χ2v) is 15.8. The van der Waals surface area contributed by atoms with E-state index in [0.29, 0.717) is 12.8 Å². The molecule has 5 aliphatic carbocycles. The molecule has 0 radical (unpaired) electrons. The van der Waals surface area contributed by atoms with Gasteiger partial charge in [0, 0.05) is 28.7 Å². The predicted molar refractivity (Wildman–Crippen MR) is 154 cm³/mol. The topological polar surface area (TPSA) is 83.5 Å². The van der Waals surface area contributed by atoms with Crippen molar-refractivity contribution in [1.82, 2.24) is 5.32 Å². The van der Waals surface area contributed by atoms with Crippen LogP contribution < -0.4 is 5.32 Å². The fourth-order valence-electron chi connectivity index (χ4n) is 10.2. The first kappa shape index (κ1) is 28.8. The van der Waals surface area contributed by atoms with Crippen LogP contribution in [0.1, 0.15) is 107 Å². The van der Waals surface area contributed by atoms with Crippen LogP contribution in [0, 0.1) is 50.2 Å². The number of hydrogen-bond donors (Lipinski definition) is 2. The van der Waals surface area contributed by atoms with Gasteiger partial charge in [-0.2, -0.15) is 0 Å².